The van der Waals surface area contributed by atoms with Crippen molar-refractivity contribution in [3.8, 4) is 11.5 Å². The van der Waals surface area contributed by atoms with Crippen LogP contribution >= 0.6 is 0 Å². The van der Waals surface area contributed by atoms with Crippen molar-refractivity contribution >= 4 is 12.0 Å². The predicted octanol–water partition coefficient (Wildman–Crippen LogP) is 3.34. The number of piperazine rings is 1. The minimum absolute atomic E-state index is 0.141. The van der Waals surface area contributed by atoms with Crippen molar-refractivity contribution in [3.05, 3.63) is 77.9 Å². The standard InChI is InChI=1S/C26H33N3O3/c1-4-17-32-24-11-9-21(18-25(24)31-3)10-12-26(30)27-19-22-5-7-23(8-6-22)20-29-15-13-28(2)14-16-29/h4-12,18H,1,13-17,19-20H2,2-3H3,(H,27,30)/b12-10+. The Labute approximate surface area is 191 Å². The highest BCUT2D eigenvalue weighted by Gasteiger charge is 2.13. The second-order valence-corrected chi connectivity index (χ2v) is 7.96. The van der Waals surface area contributed by atoms with E-state index >= 15 is 0 Å². The third-order valence-electron chi connectivity index (χ3n) is 5.46. The van der Waals surface area contributed by atoms with E-state index < -0.39 is 0 Å². The summed E-state index contributed by atoms with van der Waals surface area (Å²) in [6.07, 6.45) is 4.97. The molecule has 0 bridgehead atoms. The van der Waals surface area contributed by atoms with Crippen molar-refractivity contribution in [3.63, 3.8) is 0 Å². The number of nitrogens with zero attached hydrogens (tertiary/aromatic N) is 2. The SMILES string of the molecule is C=CCOc1ccc(/C=C/C(=O)NCc2ccc(CN3CCN(C)CC3)cc2)cc1OC. The minimum Gasteiger partial charge on any atom is -0.493 e. The molecule has 0 spiro atoms. The Morgan fingerprint density at radius 2 is 1.78 bits per heavy atom. The Balaban J connectivity index is 1.47. The van der Waals surface area contributed by atoms with Crippen molar-refractivity contribution in [2.75, 3.05) is 46.9 Å². The van der Waals surface area contributed by atoms with Gasteiger partial charge in [0.05, 0.1) is 7.11 Å². The average molecular weight is 436 g/mol. The van der Waals surface area contributed by atoms with Gasteiger partial charge in [-0.1, -0.05) is 43.0 Å². The topological polar surface area (TPSA) is 54.0 Å². The van der Waals surface area contributed by atoms with E-state index in [1.807, 2.05) is 18.2 Å². The molecule has 1 aliphatic heterocycles. The van der Waals surface area contributed by atoms with Crippen LogP contribution in [0.3, 0.4) is 0 Å². The van der Waals surface area contributed by atoms with Gasteiger partial charge >= 0.3 is 0 Å². The molecule has 6 nitrogen and oxygen atoms in total. The zero-order valence-electron chi connectivity index (χ0n) is 19.0. The number of hydrogen-bond acceptors (Lipinski definition) is 5. The van der Waals surface area contributed by atoms with Crippen LogP contribution in [0.2, 0.25) is 0 Å². The number of methoxy groups -OCH3 is 1. The summed E-state index contributed by atoms with van der Waals surface area (Å²) in [7, 11) is 3.76. The van der Waals surface area contributed by atoms with Gasteiger partial charge in [0.2, 0.25) is 5.91 Å². The van der Waals surface area contributed by atoms with Crippen molar-refractivity contribution in [2.45, 2.75) is 13.1 Å². The summed E-state index contributed by atoms with van der Waals surface area (Å²) >= 11 is 0. The number of nitrogens with one attached hydrogen (secondary N) is 1. The van der Waals surface area contributed by atoms with Gasteiger partial charge in [0.1, 0.15) is 6.61 Å². The molecule has 1 heterocycles. The summed E-state index contributed by atoms with van der Waals surface area (Å²) in [5.41, 5.74) is 3.24. The maximum atomic E-state index is 12.2. The molecule has 1 N–H and O–H groups in total. The van der Waals surface area contributed by atoms with Crippen LogP contribution < -0.4 is 14.8 Å². The molecule has 0 radical (unpaired) electrons. The highest BCUT2D eigenvalue weighted by atomic mass is 16.5. The molecule has 0 saturated carbocycles. The third kappa shape index (κ3) is 7.25. The van der Waals surface area contributed by atoms with Gasteiger partial charge in [-0.15, -0.1) is 0 Å². The van der Waals surface area contributed by atoms with E-state index in [1.54, 1.807) is 19.3 Å². The van der Waals surface area contributed by atoms with Gasteiger partial charge in [-0.05, 0) is 41.9 Å². The number of hydrogen-bond donors (Lipinski definition) is 1. The number of carbonyl (C=O) groups is 1. The maximum absolute atomic E-state index is 12.2. The van der Waals surface area contributed by atoms with Gasteiger partial charge in [0.15, 0.2) is 11.5 Å². The van der Waals surface area contributed by atoms with Crippen LogP contribution in [0, 0.1) is 0 Å². The van der Waals surface area contributed by atoms with Gasteiger partial charge in [-0.25, -0.2) is 0 Å². The quantitative estimate of drug-likeness (QED) is 0.458. The van der Waals surface area contributed by atoms with Crippen LogP contribution in [0.15, 0.2) is 61.2 Å². The molecule has 2 aromatic carbocycles. The van der Waals surface area contributed by atoms with Crippen molar-refractivity contribution in [1.29, 1.82) is 0 Å². The smallest absolute Gasteiger partial charge is 0.244 e. The lowest BCUT2D eigenvalue weighted by Gasteiger charge is -2.32. The Morgan fingerprint density at radius 3 is 2.47 bits per heavy atom. The lowest BCUT2D eigenvalue weighted by atomic mass is 10.1. The van der Waals surface area contributed by atoms with Crippen molar-refractivity contribution in [2.24, 2.45) is 0 Å². The minimum atomic E-state index is -0.141. The van der Waals surface area contributed by atoms with Gasteiger partial charge < -0.3 is 19.7 Å². The first-order chi connectivity index (χ1) is 15.6. The molecular weight excluding hydrogens is 402 g/mol. The van der Waals surface area contributed by atoms with E-state index in [0.717, 1.165) is 43.9 Å². The number of rotatable bonds is 10. The Morgan fingerprint density at radius 1 is 1.06 bits per heavy atom. The molecule has 6 heteroatoms. The van der Waals surface area contributed by atoms with Crippen LogP contribution in [-0.4, -0.2) is 62.7 Å². The lowest BCUT2D eigenvalue weighted by Crippen LogP contribution is -2.43. The molecule has 3 rings (SSSR count). The second-order valence-electron chi connectivity index (χ2n) is 7.96. The molecular formula is C26H33N3O3. The van der Waals surface area contributed by atoms with Crippen LogP contribution in [0.1, 0.15) is 16.7 Å². The molecule has 0 atom stereocenters. The van der Waals surface area contributed by atoms with Crippen molar-refractivity contribution < 1.29 is 14.3 Å². The molecule has 1 aliphatic rings. The number of ether oxygens (including phenoxy) is 2. The molecule has 2 aromatic rings. The second kappa shape index (κ2) is 12.1. The zero-order valence-corrected chi connectivity index (χ0v) is 19.0. The average Bonchev–Trinajstić information content (AvgIpc) is 2.82. The van der Waals surface area contributed by atoms with E-state index in [4.69, 9.17) is 9.47 Å². The summed E-state index contributed by atoms with van der Waals surface area (Å²) in [4.78, 5) is 17.1. The largest absolute Gasteiger partial charge is 0.493 e. The summed E-state index contributed by atoms with van der Waals surface area (Å²) < 4.78 is 10.9. The highest BCUT2D eigenvalue weighted by Crippen LogP contribution is 2.28. The van der Waals surface area contributed by atoms with Gasteiger partial charge in [-0.3, -0.25) is 9.69 Å². The summed E-state index contributed by atoms with van der Waals surface area (Å²) in [5.74, 6) is 1.12. The van der Waals surface area contributed by atoms with E-state index in [1.165, 1.54) is 11.6 Å². The zero-order chi connectivity index (χ0) is 22.8. The first-order valence-corrected chi connectivity index (χ1v) is 10.9. The molecule has 0 aromatic heterocycles. The fourth-order valence-electron chi connectivity index (χ4n) is 3.50. The Bertz CT molecular complexity index is 916. The first-order valence-electron chi connectivity index (χ1n) is 10.9. The lowest BCUT2D eigenvalue weighted by molar-refractivity contribution is -0.116. The molecule has 1 saturated heterocycles. The van der Waals surface area contributed by atoms with Crippen LogP contribution in [0.4, 0.5) is 0 Å². The third-order valence-corrected chi connectivity index (χ3v) is 5.46. The first kappa shape index (κ1) is 23.6. The summed E-state index contributed by atoms with van der Waals surface area (Å²) in [5, 5.41) is 2.93. The van der Waals surface area contributed by atoms with Crippen LogP contribution in [0.25, 0.3) is 6.08 Å². The number of carbonyl (C=O) groups excluding carboxylic acids is 1. The van der Waals surface area contributed by atoms with Gasteiger partial charge in [0.25, 0.3) is 0 Å². The monoisotopic (exact) mass is 435 g/mol. The maximum Gasteiger partial charge on any atom is 0.244 e. The molecule has 0 aliphatic carbocycles. The fraction of sp³-hybridized carbons (Fsp3) is 0.346. The molecule has 1 fully saturated rings. The number of likely N-dealkylation sites (N-methyl/N-ethyl adjacent to an activating group) is 1. The number of amides is 1. The normalized spacial score (nSPS) is 14.9. The van der Waals surface area contributed by atoms with Gasteiger partial charge in [-0.2, -0.15) is 0 Å². The Kier molecular flexibility index (Phi) is 8.90. The molecule has 170 valence electrons. The molecule has 32 heavy (non-hydrogen) atoms. The van der Waals surface area contributed by atoms with Crippen LogP contribution in [-0.2, 0) is 17.9 Å². The van der Waals surface area contributed by atoms with E-state index in [9.17, 15) is 4.79 Å². The molecule has 0 unspecified atom stereocenters. The predicted molar refractivity (Wildman–Crippen MR) is 129 cm³/mol. The van der Waals surface area contributed by atoms with E-state index in [2.05, 4.69) is 53.0 Å². The van der Waals surface area contributed by atoms with E-state index in [-0.39, 0.29) is 5.91 Å². The van der Waals surface area contributed by atoms with E-state index in [0.29, 0.717) is 24.7 Å². The Hall–Kier alpha value is -3.09. The van der Waals surface area contributed by atoms with Gasteiger partial charge in [0, 0.05) is 45.3 Å². The molecule has 1 amide bonds. The number of benzene rings is 2. The highest BCUT2D eigenvalue weighted by molar-refractivity contribution is 5.91. The fourth-order valence-corrected chi connectivity index (χ4v) is 3.50. The summed E-state index contributed by atoms with van der Waals surface area (Å²) in [6.45, 7) is 9.98. The van der Waals surface area contributed by atoms with Crippen LogP contribution in [0.5, 0.6) is 11.5 Å². The summed E-state index contributed by atoms with van der Waals surface area (Å²) in [6, 6.07) is 14.0. The van der Waals surface area contributed by atoms with Crippen molar-refractivity contribution in [1.82, 2.24) is 15.1 Å².